The smallest absolute Gasteiger partial charge is 0.100 e. The van der Waals surface area contributed by atoms with Crippen LogP contribution in [0.3, 0.4) is 0 Å². The van der Waals surface area contributed by atoms with Gasteiger partial charge in [-0.05, 0) is 34.1 Å². The van der Waals surface area contributed by atoms with Gasteiger partial charge in [0.25, 0.3) is 0 Å². The Morgan fingerprint density at radius 2 is 2.07 bits per heavy atom. The Bertz CT molecular complexity index is 394. The largest absolute Gasteiger partial charge is 0.378 e. The molecule has 1 aliphatic rings. The molecule has 0 unspecified atom stereocenters. The molecule has 0 atom stereocenters. The third kappa shape index (κ3) is 2.31. The molecule has 1 heterocycles. The number of nitriles is 1. The molecule has 0 N–H and O–H groups in total. The minimum Gasteiger partial charge on any atom is -0.378 e. The maximum Gasteiger partial charge on any atom is 0.100 e. The molecular formula is C11H11BrN2O. The van der Waals surface area contributed by atoms with E-state index in [0.717, 1.165) is 36.5 Å². The van der Waals surface area contributed by atoms with Crippen molar-refractivity contribution >= 4 is 21.6 Å². The molecule has 0 saturated carbocycles. The summed E-state index contributed by atoms with van der Waals surface area (Å²) in [5.41, 5.74) is 1.78. The predicted octanol–water partition coefficient (Wildman–Crippen LogP) is 2.16. The molecule has 0 spiro atoms. The first-order chi connectivity index (χ1) is 7.31. The van der Waals surface area contributed by atoms with Crippen LogP contribution in [0.4, 0.5) is 5.69 Å². The minimum atomic E-state index is 0.680. The lowest BCUT2D eigenvalue weighted by Crippen LogP contribution is -2.36. The van der Waals surface area contributed by atoms with Crippen molar-refractivity contribution < 1.29 is 4.74 Å². The first-order valence-electron chi connectivity index (χ1n) is 4.83. The van der Waals surface area contributed by atoms with Crippen molar-refractivity contribution in [2.75, 3.05) is 31.2 Å². The van der Waals surface area contributed by atoms with Crippen LogP contribution in [0, 0.1) is 11.3 Å². The second kappa shape index (κ2) is 4.65. The van der Waals surface area contributed by atoms with E-state index in [2.05, 4.69) is 26.9 Å². The first-order valence-corrected chi connectivity index (χ1v) is 5.63. The van der Waals surface area contributed by atoms with Crippen LogP contribution in [0.15, 0.2) is 22.7 Å². The first kappa shape index (κ1) is 10.5. The van der Waals surface area contributed by atoms with Crippen molar-refractivity contribution in [3.05, 3.63) is 28.2 Å². The maximum absolute atomic E-state index is 8.92. The topological polar surface area (TPSA) is 36.3 Å². The summed E-state index contributed by atoms with van der Waals surface area (Å²) in [6.07, 6.45) is 0. The van der Waals surface area contributed by atoms with E-state index in [4.69, 9.17) is 10.00 Å². The van der Waals surface area contributed by atoms with Crippen LogP contribution in [-0.2, 0) is 4.74 Å². The van der Waals surface area contributed by atoms with Crippen molar-refractivity contribution in [1.82, 2.24) is 0 Å². The van der Waals surface area contributed by atoms with E-state index in [0.29, 0.717) is 5.56 Å². The van der Waals surface area contributed by atoms with Gasteiger partial charge < -0.3 is 9.64 Å². The highest BCUT2D eigenvalue weighted by Gasteiger charge is 2.12. The standard InChI is InChI=1S/C11H11BrN2O/c12-11-2-1-10(7-9(11)8-13)14-3-5-15-6-4-14/h1-2,7H,3-6H2. The summed E-state index contributed by atoms with van der Waals surface area (Å²) in [6.45, 7) is 3.31. The average molecular weight is 267 g/mol. The van der Waals surface area contributed by atoms with Gasteiger partial charge in [0.05, 0.1) is 18.8 Å². The Balaban J connectivity index is 2.25. The SMILES string of the molecule is N#Cc1cc(N2CCOCC2)ccc1Br. The van der Waals surface area contributed by atoms with Gasteiger partial charge in [-0.1, -0.05) is 0 Å². The number of hydrogen-bond acceptors (Lipinski definition) is 3. The number of ether oxygens (including phenoxy) is 1. The molecule has 1 aliphatic heterocycles. The highest BCUT2D eigenvalue weighted by molar-refractivity contribution is 9.10. The highest BCUT2D eigenvalue weighted by atomic mass is 79.9. The summed E-state index contributed by atoms with van der Waals surface area (Å²) in [5.74, 6) is 0. The quantitative estimate of drug-likeness (QED) is 0.782. The second-order valence-corrected chi connectivity index (χ2v) is 4.23. The second-order valence-electron chi connectivity index (χ2n) is 3.38. The number of benzene rings is 1. The summed E-state index contributed by atoms with van der Waals surface area (Å²) < 4.78 is 6.13. The van der Waals surface area contributed by atoms with Gasteiger partial charge in [0.2, 0.25) is 0 Å². The van der Waals surface area contributed by atoms with Gasteiger partial charge in [-0.2, -0.15) is 5.26 Å². The summed E-state index contributed by atoms with van der Waals surface area (Å²) in [7, 11) is 0. The van der Waals surface area contributed by atoms with Gasteiger partial charge in [-0.15, -0.1) is 0 Å². The van der Waals surface area contributed by atoms with Crippen molar-refractivity contribution in [3.63, 3.8) is 0 Å². The summed E-state index contributed by atoms with van der Waals surface area (Å²) in [5, 5.41) is 8.92. The molecular weight excluding hydrogens is 256 g/mol. The van der Waals surface area contributed by atoms with Gasteiger partial charge in [-0.25, -0.2) is 0 Å². The molecule has 0 bridgehead atoms. The normalized spacial score (nSPS) is 16.1. The predicted molar refractivity (Wildman–Crippen MR) is 61.9 cm³/mol. The number of halogens is 1. The molecule has 78 valence electrons. The number of hydrogen-bond donors (Lipinski definition) is 0. The van der Waals surface area contributed by atoms with Gasteiger partial charge in [0, 0.05) is 23.2 Å². The Morgan fingerprint density at radius 3 is 2.73 bits per heavy atom. The van der Waals surface area contributed by atoms with Crippen LogP contribution in [0.25, 0.3) is 0 Å². The fraction of sp³-hybridized carbons (Fsp3) is 0.364. The van der Waals surface area contributed by atoms with Crippen LogP contribution in [0.2, 0.25) is 0 Å². The third-order valence-electron chi connectivity index (χ3n) is 2.45. The molecule has 1 aromatic carbocycles. The Morgan fingerprint density at radius 1 is 1.33 bits per heavy atom. The fourth-order valence-corrected chi connectivity index (χ4v) is 1.95. The van der Waals surface area contributed by atoms with E-state index in [1.165, 1.54) is 0 Å². The molecule has 0 amide bonds. The number of nitrogens with zero attached hydrogens (tertiary/aromatic N) is 2. The van der Waals surface area contributed by atoms with Gasteiger partial charge in [-0.3, -0.25) is 0 Å². The molecule has 4 heteroatoms. The van der Waals surface area contributed by atoms with Crippen molar-refractivity contribution in [2.45, 2.75) is 0 Å². The van der Waals surface area contributed by atoms with E-state index in [1.54, 1.807) is 0 Å². The lowest BCUT2D eigenvalue weighted by molar-refractivity contribution is 0.122. The average Bonchev–Trinajstić information content (AvgIpc) is 2.31. The molecule has 1 saturated heterocycles. The Kier molecular flexibility index (Phi) is 3.24. The minimum absolute atomic E-state index is 0.680. The van der Waals surface area contributed by atoms with E-state index in [-0.39, 0.29) is 0 Å². The zero-order valence-corrected chi connectivity index (χ0v) is 9.83. The van der Waals surface area contributed by atoms with Crippen molar-refractivity contribution in [1.29, 1.82) is 5.26 Å². The fourth-order valence-electron chi connectivity index (χ4n) is 1.62. The molecule has 0 radical (unpaired) electrons. The lowest BCUT2D eigenvalue weighted by atomic mass is 10.2. The summed E-state index contributed by atoms with van der Waals surface area (Å²) >= 11 is 3.35. The van der Waals surface area contributed by atoms with Crippen LogP contribution in [-0.4, -0.2) is 26.3 Å². The Hall–Kier alpha value is -1.05. The van der Waals surface area contributed by atoms with E-state index >= 15 is 0 Å². The molecule has 0 aliphatic carbocycles. The summed E-state index contributed by atoms with van der Waals surface area (Å²) in [4.78, 5) is 2.23. The number of morpholine rings is 1. The monoisotopic (exact) mass is 266 g/mol. The van der Waals surface area contributed by atoms with Crippen molar-refractivity contribution in [3.8, 4) is 6.07 Å². The zero-order chi connectivity index (χ0) is 10.7. The van der Waals surface area contributed by atoms with Gasteiger partial charge >= 0.3 is 0 Å². The van der Waals surface area contributed by atoms with E-state index < -0.39 is 0 Å². The van der Waals surface area contributed by atoms with Crippen LogP contribution < -0.4 is 4.90 Å². The van der Waals surface area contributed by atoms with Crippen molar-refractivity contribution in [2.24, 2.45) is 0 Å². The molecule has 2 rings (SSSR count). The molecule has 0 aromatic heterocycles. The lowest BCUT2D eigenvalue weighted by Gasteiger charge is -2.29. The van der Waals surface area contributed by atoms with Crippen LogP contribution in [0.1, 0.15) is 5.56 Å². The molecule has 1 fully saturated rings. The zero-order valence-electron chi connectivity index (χ0n) is 8.24. The highest BCUT2D eigenvalue weighted by Crippen LogP contribution is 2.23. The molecule has 15 heavy (non-hydrogen) atoms. The number of rotatable bonds is 1. The van der Waals surface area contributed by atoms with Crippen LogP contribution in [0.5, 0.6) is 0 Å². The van der Waals surface area contributed by atoms with E-state index in [9.17, 15) is 0 Å². The van der Waals surface area contributed by atoms with Gasteiger partial charge in [0.1, 0.15) is 6.07 Å². The molecule has 3 nitrogen and oxygen atoms in total. The number of anilines is 1. The van der Waals surface area contributed by atoms with Crippen LogP contribution >= 0.6 is 15.9 Å². The molecule has 1 aromatic rings. The maximum atomic E-state index is 8.92. The van der Waals surface area contributed by atoms with Gasteiger partial charge in [0.15, 0.2) is 0 Å². The third-order valence-corrected chi connectivity index (χ3v) is 3.14. The summed E-state index contributed by atoms with van der Waals surface area (Å²) in [6, 6.07) is 8.03. The van der Waals surface area contributed by atoms with E-state index in [1.807, 2.05) is 18.2 Å². The Labute approximate surface area is 97.4 Å².